The molecule has 0 bridgehead atoms. The van der Waals surface area contributed by atoms with Gasteiger partial charge in [0.2, 0.25) is 0 Å². The summed E-state index contributed by atoms with van der Waals surface area (Å²) >= 11 is 0. The molecular weight excluding hydrogens is 136 g/mol. The Morgan fingerprint density at radius 3 is 3.00 bits per heavy atom. The highest BCUT2D eigenvalue weighted by Crippen LogP contribution is 2.13. The van der Waals surface area contributed by atoms with Crippen LogP contribution in [0.15, 0.2) is 18.2 Å². The highest BCUT2D eigenvalue weighted by atomic mass is 19.2. The largest absolute Gasteiger partial charge is 0.248 e. The van der Waals surface area contributed by atoms with Crippen molar-refractivity contribution in [1.29, 1.82) is 0 Å². The molecule has 0 aliphatic rings. The van der Waals surface area contributed by atoms with Gasteiger partial charge in [0.05, 0.1) is 11.9 Å². The van der Waals surface area contributed by atoms with Crippen molar-refractivity contribution in [2.75, 3.05) is 6.67 Å². The van der Waals surface area contributed by atoms with E-state index in [-0.39, 0.29) is 5.69 Å². The van der Waals surface area contributed by atoms with Crippen molar-refractivity contribution in [1.82, 2.24) is 4.98 Å². The van der Waals surface area contributed by atoms with E-state index in [1.54, 1.807) is 6.07 Å². The second kappa shape index (κ2) is 3.25. The van der Waals surface area contributed by atoms with E-state index < -0.39 is 12.8 Å². The van der Waals surface area contributed by atoms with Gasteiger partial charge in [-0.15, -0.1) is 0 Å². The molecule has 1 atom stereocenters. The lowest BCUT2D eigenvalue weighted by Crippen LogP contribution is -1.95. The normalized spacial score (nSPS) is 13.0. The average molecular weight is 142 g/mol. The van der Waals surface area contributed by atoms with Crippen LogP contribution in [-0.2, 0) is 0 Å². The Kier molecular flexibility index (Phi) is 2.31. The van der Waals surface area contributed by atoms with Crippen LogP contribution in [0.2, 0.25) is 0 Å². The van der Waals surface area contributed by atoms with Crippen molar-refractivity contribution >= 4 is 0 Å². The fraction of sp³-hybridized carbons (Fsp3) is 0.286. The Bertz CT molecular complexity index is 188. The van der Waals surface area contributed by atoms with Crippen LogP contribution in [-0.4, -0.2) is 11.7 Å². The van der Waals surface area contributed by atoms with Crippen LogP contribution in [0.4, 0.5) is 8.78 Å². The first-order chi connectivity index (χ1) is 4.84. The van der Waals surface area contributed by atoms with Gasteiger partial charge in [-0.05, 0) is 12.1 Å². The van der Waals surface area contributed by atoms with Gasteiger partial charge in [-0.1, -0.05) is 6.07 Å². The molecule has 1 radical (unpaired) electrons. The van der Waals surface area contributed by atoms with Gasteiger partial charge in [-0.3, -0.25) is 0 Å². The number of nitrogens with zero attached hydrogens (tertiary/aromatic N) is 1. The number of pyridine rings is 1. The van der Waals surface area contributed by atoms with Gasteiger partial charge in [0.1, 0.15) is 6.67 Å². The van der Waals surface area contributed by atoms with Crippen molar-refractivity contribution in [2.45, 2.75) is 6.17 Å². The lowest BCUT2D eigenvalue weighted by Gasteiger charge is -1.99. The zero-order valence-electron chi connectivity index (χ0n) is 5.22. The molecule has 0 N–H and O–H groups in total. The molecule has 1 unspecified atom stereocenters. The fourth-order valence-electron chi connectivity index (χ4n) is 0.592. The summed E-state index contributed by atoms with van der Waals surface area (Å²) in [5.74, 6) is 0. The first-order valence-electron chi connectivity index (χ1n) is 2.87. The van der Waals surface area contributed by atoms with Gasteiger partial charge < -0.3 is 0 Å². The lowest BCUT2D eigenvalue weighted by atomic mass is 10.3. The topological polar surface area (TPSA) is 12.9 Å². The molecule has 1 aromatic heterocycles. The molecule has 3 heteroatoms. The van der Waals surface area contributed by atoms with E-state index in [4.69, 9.17) is 0 Å². The molecule has 1 heterocycles. The number of rotatable bonds is 2. The van der Waals surface area contributed by atoms with Crippen LogP contribution in [0.3, 0.4) is 0 Å². The SMILES string of the molecule is FCC(F)c1ccc[c]n1. The predicted octanol–water partition coefficient (Wildman–Crippen LogP) is 1.86. The van der Waals surface area contributed by atoms with Gasteiger partial charge in [-0.25, -0.2) is 13.8 Å². The van der Waals surface area contributed by atoms with Crippen molar-refractivity contribution in [3.63, 3.8) is 0 Å². The van der Waals surface area contributed by atoms with E-state index in [0.29, 0.717) is 0 Å². The van der Waals surface area contributed by atoms with E-state index in [0.717, 1.165) is 0 Å². The second-order valence-corrected chi connectivity index (χ2v) is 1.81. The van der Waals surface area contributed by atoms with Gasteiger partial charge in [0, 0.05) is 0 Å². The summed E-state index contributed by atoms with van der Waals surface area (Å²) in [6, 6.07) is 4.54. The van der Waals surface area contributed by atoms with Gasteiger partial charge in [0.15, 0.2) is 6.17 Å². The molecule has 0 saturated heterocycles. The highest BCUT2D eigenvalue weighted by molar-refractivity contribution is 5.05. The molecule has 0 spiro atoms. The molecule has 0 aliphatic carbocycles. The second-order valence-electron chi connectivity index (χ2n) is 1.81. The van der Waals surface area contributed by atoms with Crippen molar-refractivity contribution < 1.29 is 8.78 Å². The highest BCUT2D eigenvalue weighted by Gasteiger charge is 2.08. The third-order valence-electron chi connectivity index (χ3n) is 1.09. The van der Waals surface area contributed by atoms with Crippen LogP contribution in [0.1, 0.15) is 11.9 Å². The summed E-state index contributed by atoms with van der Waals surface area (Å²) in [5.41, 5.74) is 0.102. The standard InChI is InChI=1S/C7H6F2N/c8-5-6(9)7-3-1-2-4-10-7/h1-3,6H,5H2. The number of aromatic nitrogens is 1. The fourth-order valence-corrected chi connectivity index (χ4v) is 0.592. The predicted molar refractivity (Wildman–Crippen MR) is 32.9 cm³/mol. The smallest absolute Gasteiger partial charge is 0.170 e. The average Bonchev–Trinajstić information content (AvgIpc) is 2.05. The van der Waals surface area contributed by atoms with E-state index in [9.17, 15) is 8.78 Å². The molecular formula is C7H6F2N. The quantitative estimate of drug-likeness (QED) is 0.614. The molecule has 0 aliphatic heterocycles. The summed E-state index contributed by atoms with van der Waals surface area (Å²) in [5, 5.41) is 0. The molecule has 0 amide bonds. The Labute approximate surface area is 57.7 Å². The molecule has 10 heavy (non-hydrogen) atoms. The van der Waals surface area contributed by atoms with Crippen LogP contribution < -0.4 is 0 Å². The van der Waals surface area contributed by atoms with Crippen LogP contribution in [0, 0.1) is 6.20 Å². The van der Waals surface area contributed by atoms with Crippen LogP contribution in [0.5, 0.6) is 0 Å². The van der Waals surface area contributed by atoms with Gasteiger partial charge >= 0.3 is 0 Å². The molecule has 0 saturated carbocycles. The summed E-state index contributed by atoms with van der Waals surface area (Å²) < 4.78 is 24.1. The lowest BCUT2D eigenvalue weighted by molar-refractivity contribution is 0.261. The zero-order valence-corrected chi connectivity index (χ0v) is 5.22. The van der Waals surface area contributed by atoms with Crippen molar-refractivity contribution in [3.8, 4) is 0 Å². The van der Waals surface area contributed by atoms with E-state index in [1.807, 2.05) is 0 Å². The first-order valence-corrected chi connectivity index (χ1v) is 2.87. The first kappa shape index (κ1) is 7.12. The Hall–Kier alpha value is -0.990. The molecule has 1 aromatic rings. The third-order valence-corrected chi connectivity index (χ3v) is 1.09. The number of alkyl halides is 2. The Morgan fingerprint density at radius 2 is 2.50 bits per heavy atom. The maximum atomic E-state index is 12.4. The molecule has 1 nitrogen and oxygen atoms in total. The number of hydrogen-bond acceptors (Lipinski definition) is 1. The minimum absolute atomic E-state index is 0.102. The van der Waals surface area contributed by atoms with Crippen molar-refractivity contribution in [2.24, 2.45) is 0 Å². The minimum Gasteiger partial charge on any atom is -0.248 e. The third kappa shape index (κ3) is 1.50. The molecule has 1 rings (SSSR count). The monoisotopic (exact) mass is 142 g/mol. The van der Waals surface area contributed by atoms with Gasteiger partial charge in [-0.2, -0.15) is 0 Å². The van der Waals surface area contributed by atoms with E-state index >= 15 is 0 Å². The zero-order chi connectivity index (χ0) is 7.40. The van der Waals surface area contributed by atoms with Gasteiger partial charge in [0.25, 0.3) is 0 Å². The maximum Gasteiger partial charge on any atom is 0.170 e. The maximum absolute atomic E-state index is 12.4. The summed E-state index contributed by atoms with van der Waals surface area (Å²) in [4.78, 5) is 3.51. The number of halogens is 2. The molecule has 0 aromatic carbocycles. The summed E-state index contributed by atoms with van der Waals surface area (Å²) in [6.45, 7) is -1.02. The summed E-state index contributed by atoms with van der Waals surface area (Å²) in [7, 11) is 0. The minimum atomic E-state index is -1.60. The van der Waals surface area contributed by atoms with E-state index in [2.05, 4.69) is 11.2 Å². The molecule has 53 valence electrons. The summed E-state index contributed by atoms with van der Waals surface area (Å²) in [6.07, 6.45) is 0.820. The van der Waals surface area contributed by atoms with Crippen LogP contribution >= 0.6 is 0 Å². The Morgan fingerprint density at radius 1 is 1.70 bits per heavy atom. The Balaban J connectivity index is 2.75. The van der Waals surface area contributed by atoms with Crippen molar-refractivity contribution in [3.05, 3.63) is 30.1 Å². The van der Waals surface area contributed by atoms with Crippen LogP contribution in [0.25, 0.3) is 0 Å². The van der Waals surface area contributed by atoms with E-state index in [1.165, 1.54) is 12.1 Å². The molecule has 0 fully saturated rings. The number of hydrogen-bond donors (Lipinski definition) is 0.